The van der Waals surface area contributed by atoms with E-state index in [1.165, 1.54) is 0 Å². The van der Waals surface area contributed by atoms with Gasteiger partial charge in [0.25, 0.3) is 0 Å². The highest BCUT2D eigenvalue weighted by Crippen LogP contribution is 2.86. The molecule has 26 heavy (non-hydrogen) atoms. The molecule has 1 saturated carbocycles. The Morgan fingerprint density at radius 1 is 0.346 bits per heavy atom. The average Bonchev–Trinajstić information content (AvgIpc) is 2.49. The Morgan fingerprint density at radius 2 is 0.577 bits per heavy atom. The maximum atomic E-state index is 2.63. The molecular formula is C26H48. The van der Waals surface area contributed by atoms with Crippen molar-refractivity contribution in [3.63, 3.8) is 0 Å². The Kier molecular flexibility index (Phi) is 4.09. The van der Waals surface area contributed by atoms with Gasteiger partial charge in [0.1, 0.15) is 0 Å². The molecule has 0 aliphatic heterocycles. The summed E-state index contributed by atoms with van der Waals surface area (Å²) in [4.78, 5) is 0. The summed E-state index contributed by atoms with van der Waals surface area (Å²) in [5.41, 5.74) is 4.51. The van der Waals surface area contributed by atoms with Crippen molar-refractivity contribution in [2.24, 2.45) is 43.3 Å². The molecule has 0 aromatic heterocycles. The topological polar surface area (TPSA) is 0 Å². The Labute approximate surface area is 165 Å². The van der Waals surface area contributed by atoms with Gasteiger partial charge in [-0.25, -0.2) is 0 Å². The number of hydrogen-bond donors (Lipinski definition) is 0. The lowest BCUT2D eigenvalue weighted by molar-refractivity contribution is -0.337. The first-order chi connectivity index (χ1) is 11.1. The fourth-order valence-corrected chi connectivity index (χ4v) is 8.91. The predicted molar refractivity (Wildman–Crippen MR) is 117 cm³/mol. The zero-order valence-electron chi connectivity index (χ0n) is 21.0. The highest BCUT2D eigenvalue weighted by molar-refractivity contribution is 5.40. The van der Waals surface area contributed by atoms with E-state index in [0.29, 0.717) is 0 Å². The van der Waals surface area contributed by atoms with Crippen LogP contribution < -0.4 is 0 Å². The van der Waals surface area contributed by atoms with E-state index in [2.05, 4.69) is 111 Å². The molecule has 0 spiro atoms. The first-order valence-electron chi connectivity index (χ1n) is 10.8. The number of rotatable bonds is 0. The quantitative estimate of drug-likeness (QED) is 0.380. The molecule has 0 aromatic rings. The molecule has 0 nitrogen and oxygen atoms in total. The van der Waals surface area contributed by atoms with Crippen LogP contribution in [0.25, 0.3) is 0 Å². The third kappa shape index (κ3) is 1.59. The first-order valence-corrected chi connectivity index (χ1v) is 10.8. The zero-order valence-corrected chi connectivity index (χ0v) is 21.0. The van der Waals surface area contributed by atoms with Crippen LogP contribution in [0, 0.1) is 43.3 Å². The van der Waals surface area contributed by atoms with Crippen LogP contribution in [-0.4, -0.2) is 0 Å². The second-order valence-corrected chi connectivity index (χ2v) is 13.2. The van der Waals surface area contributed by atoms with E-state index >= 15 is 0 Å². The average molecular weight is 361 g/mol. The molecule has 2 atom stereocenters. The van der Waals surface area contributed by atoms with Crippen LogP contribution in [0.1, 0.15) is 111 Å². The Morgan fingerprint density at radius 3 is 0.808 bits per heavy atom. The fourth-order valence-electron chi connectivity index (χ4n) is 8.91. The highest BCUT2D eigenvalue weighted by atomic mass is 14.8. The molecule has 2 bridgehead atoms. The highest BCUT2D eigenvalue weighted by Gasteiger charge is 2.81. The summed E-state index contributed by atoms with van der Waals surface area (Å²) in [5.74, 6) is 0. The number of hydrogen-bond acceptors (Lipinski definition) is 0. The van der Waals surface area contributed by atoms with E-state index in [-0.39, 0.29) is 43.3 Å². The molecule has 0 heterocycles. The van der Waals surface area contributed by atoms with Crippen LogP contribution in [-0.2, 0) is 0 Å². The van der Waals surface area contributed by atoms with Gasteiger partial charge in [-0.15, -0.1) is 0 Å². The molecule has 0 aromatic carbocycles. The molecule has 2 rings (SSSR count). The van der Waals surface area contributed by atoms with Gasteiger partial charge in [0, 0.05) is 0 Å². The normalized spacial score (nSPS) is 41.5. The smallest absolute Gasteiger partial charge is 0.00803 e. The van der Waals surface area contributed by atoms with Gasteiger partial charge in [-0.3, -0.25) is 0 Å². The largest absolute Gasteiger partial charge is 0.0676 e. The van der Waals surface area contributed by atoms with Crippen LogP contribution in [0.5, 0.6) is 0 Å². The van der Waals surface area contributed by atoms with Crippen molar-refractivity contribution in [2.75, 3.05) is 0 Å². The van der Waals surface area contributed by atoms with Crippen LogP contribution in [0.4, 0.5) is 0 Å². The maximum absolute atomic E-state index is 2.63. The van der Waals surface area contributed by atoms with Crippen molar-refractivity contribution in [3.05, 3.63) is 11.1 Å². The standard InChI is InChI=1S/C26H48/c1-17-18(2)20(5,6)26(16)23(11,12)21(7,8)22(9,10)25(15,19(17,3)4)24(26,13)14/h1-16H3. The van der Waals surface area contributed by atoms with Crippen molar-refractivity contribution >= 4 is 0 Å². The van der Waals surface area contributed by atoms with E-state index in [4.69, 9.17) is 0 Å². The summed E-state index contributed by atoms with van der Waals surface area (Å²) < 4.78 is 0. The van der Waals surface area contributed by atoms with E-state index in [9.17, 15) is 0 Å². The first kappa shape index (κ1) is 22.0. The van der Waals surface area contributed by atoms with Gasteiger partial charge in [-0.05, 0) is 57.2 Å². The van der Waals surface area contributed by atoms with Crippen molar-refractivity contribution < 1.29 is 0 Å². The van der Waals surface area contributed by atoms with Crippen molar-refractivity contribution in [1.82, 2.24) is 0 Å². The van der Waals surface area contributed by atoms with Crippen LogP contribution in [0.3, 0.4) is 0 Å². The monoisotopic (exact) mass is 360 g/mol. The lowest BCUT2D eigenvalue weighted by Gasteiger charge is -2.81. The molecule has 0 saturated heterocycles. The molecule has 152 valence electrons. The second kappa shape index (κ2) is 4.83. The van der Waals surface area contributed by atoms with Crippen molar-refractivity contribution in [1.29, 1.82) is 0 Å². The van der Waals surface area contributed by atoms with E-state index in [1.54, 1.807) is 11.1 Å². The SMILES string of the molecule is CC1=C(C)C(C)(C)C2(C)C(C)(C)C(C)(C)C(C)(C)C(C)(C1(C)C)C2(C)C. The fraction of sp³-hybridized carbons (Fsp3) is 0.923. The summed E-state index contributed by atoms with van der Waals surface area (Å²) in [7, 11) is 0. The summed E-state index contributed by atoms with van der Waals surface area (Å²) in [6.45, 7) is 40.8. The molecule has 0 amide bonds. The van der Waals surface area contributed by atoms with Crippen LogP contribution >= 0.6 is 0 Å². The Bertz CT molecular complexity index is 608. The van der Waals surface area contributed by atoms with E-state index < -0.39 is 0 Å². The lowest BCUT2D eigenvalue weighted by Crippen LogP contribution is -2.76. The van der Waals surface area contributed by atoms with E-state index in [0.717, 1.165) is 0 Å². The molecule has 2 aliphatic rings. The maximum Gasteiger partial charge on any atom is -0.00803 e. The summed E-state index contributed by atoms with van der Waals surface area (Å²) in [6, 6.07) is 0. The number of fused-ring (bicyclic) bond motifs is 2. The molecule has 0 heteroatoms. The van der Waals surface area contributed by atoms with E-state index in [1.807, 2.05) is 0 Å². The van der Waals surface area contributed by atoms with Gasteiger partial charge in [0.15, 0.2) is 0 Å². The molecule has 0 N–H and O–H groups in total. The van der Waals surface area contributed by atoms with Gasteiger partial charge in [-0.1, -0.05) is 108 Å². The summed E-state index contributed by atoms with van der Waals surface area (Å²) in [5, 5.41) is 0. The lowest BCUT2D eigenvalue weighted by atomic mass is 9.22. The summed E-state index contributed by atoms with van der Waals surface area (Å²) in [6.07, 6.45) is 0. The van der Waals surface area contributed by atoms with Crippen LogP contribution in [0.15, 0.2) is 11.1 Å². The van der Waals surface area contributed by atoms with Crippen molar-refractivity contribution in [2.45, 2.75) is 111 Å². The molecule has 2 aliphatic carbocycles. The van der Waals surface area contributed by atoms with Gasteiger partial charge < -0.3 is 0 Å². The molecule has 2 unspecified atom stereocenters. The van der Waals surface area contributed by atoms with Crippen molar-refractivity contribution in [3.8, 4) is 0 Å². The second-order valence-electron chi connectivity index (χ2n) is 13.2. The minimum absolute atomic E-state index is 0.132. The summed E-state index contributed by atoms with van der Waals surface area (Å²) >= 11 is 0. The van der Waals surface area contributed by atoms with Gasteiger partial charge in [0.2, 0.25) is 0 Å². The Hall–Kier alpha value is -0.260. The van der Waals surface area contributed by atoms with Gasteiger partial charge in [-0.2, -0.15) is 0 Å². The number of allylic oxidation sites excluding steroid dienone is 2. The third-order valence-electron chi connectivity index (χ3n) is 13.1. The molecule has 0 radical (unpaired) electrons. The predicted octanol–water partition coefficient (Wildman–Crippen LogP) is 8.52. The van der Waals surface area contributed by atoms with Gasteiger partial charge >= 0.3 is 0 Å². The zero-order chi connectivity index (χ0) is 21.2. The molecule has 1 fully saturated rings. The van der Waals surface area contributed by atoms with Crippen LogP contribution in [0.2, 0.25) is 0 Å². The Balaban J connectivity index is 3.25. The minimum atomic E-state index is 0.132. The van der Waals surface area contributed by atoms with Gasteiger partial charge in [0.05, 0.1) is 0 Å². The minimum Gasteiger partial charge on any atom is -0.0676 e. The third-order valence-corrected chi connectivity index (χ3v) is 13.1. The molecular weight excluding hydrogens is 312 g/mol.